The van der Waals surface area contributed by atoms with Gasteiger partial charge in [0.2, 0.25) is 0 Å². The second kappa shape index (κ2) is 4.73. The summed E-state index contributed by atoms with van der Waals surface area (Å²) in [5, 5.41) is 0. The molecule has 1 rings (SSSR count). The summed E-state index contributed by atoms with van der Waals surface area (Å²) in [5.41, 5.74) is 5.65. The maximum Gasteiger partial charge on any atom is 0.0575 e. The Balaban J connectivity index is 2.05. The molecular formula is C9H19NO. The molecule has 0 amide bonds. The molecule has 0 aliphatic carbocycles. The predicted octanol–water partition coefficient (Wildman–Crippen LogP) is 1.68. The van der Waals surface area contributed by atoms with Gasteiger partial charge in [-0.25, -0.2) is 0 Å². The fourth-order valence-electron chi connectivity index (χ4n) is 1.48. The molecule has 0 bridgehead atoms. The zero-order chi connectivity index (χ0) is 8.10. The normalized spacial score (nSPS) is 28.4. The first-order valence-electron chi connectivity index (χ1n) is 4.66. The average molecular weight is 157 g/mol. The van der Waals surface area contributed by atoms with Gasteiger partial charge in [-0.15, -0.1) is 0 Å². The third kappa shape index (κ3) is 3.73. The lowest BCUT2D eigenvalue weighted by molar-refractivity contribution is 0.00938. The van der Waals surface area contributed by atoms with Gasteiger partial charge in [0.1, 0.15) is 0 Å². The first-order valence-corrected chi connectivity index (χ1v) is 4.66. The molecule has 0 aromatic heterocycles. The smallest absolute Gasteiger partial charge is 0.0575 e. The van der Waals surface area contributed by atoms with Crippen LogP contribution >= 0.6 is 0 Å². The summed E-state index contributed by atoms with van der Waals surface area (Å²) in [6.45, 7) is 3.02. The van der Waals surface area contributed by atoms with Crippen molar-refractivity contribution < 1.29 is 4.74 Å². The topological polar surface area (TPSA) is 35.2 Å². The van der Waals surface area contributed by atoms with E-state index in [1.54, 1.807) is 0 Å². The van der Waals surface area contributed by atoms with Gasteiger partial charge in [-0.2, -0.15) is 0 Å². The zero-order valence-electron chi connectivity index (χ0n) is 7.38. The lowest BCUT2D eigenvalue weighted by atomic mass is 10.0. The van der Waals surface area contributed by atoms with Gasteiger partial charge >= 0.3 is 0 Å². The molecule has 2 nitrogen and oxygen atoms in total. The standard InChI is InChI=1S/C9H19NO/c1-8(10)5-6-9-4-2-3-7-11-9/h8-9H,2-7,10H2,1H3/t8-,9?/m0/s1. The van der Waals surface area contributed by atoms with Crippen molar-refractivity contribution in [1.82, 2.24) is 0 Å². The van der Waals surface area contributed by atoms with E-state index in [9.17, 15) is 0 Å². The van der Waals surface area contributed by atoms with Crippen LogP contribution in [0.5, 0.6) is 0 Å². The van der Waals surface area contributed by atoms with Crippen LogP contribution in [0.2, 0.25) is 0 Å². The van der Waals surface area contributed by atoms with Crippen LogP contribution in [0.3, 0.4) is 0 Å². The van der Waals surface area contributed by atoms with Crippen molar-refractivity contribution in [3.63, 3.8) is 0 Å². The Morgan fingerprint density at radius 2 is 2.36 bits per heavy atom. The van der Waals surface area contributed by atoms with Gasteiger partial charge < -0.3 is 10.5 Å². The molecule has 66 valence electrons. The van der Waals surface area contributed by atoms with E-state index >= 15 is 0 Å². The minimum Gasteiger partial charge on any atom is -0.378 e. The molecule has 1 saturated heterocycles. The molecule has 0 spiro atoms. The highest BCUT2D eigenvalue weighted by molar-refractivity contribution is 4.65. The molecule has 1 unspecified atom stereocenters. The van der Waals surface area contributed by atoms with E-state index in [0.717, 1.165) is 19.4 Å². The van der Waals surface area contributed by atoms with Gasteiger partial charge in [-0.1, -0.05) is 0 Å². The summed E-state index contributed by atoms with van der Waals surface area (Å²) in [6.07, 6.45) is 6.59. The highest BCUT2D eigenvalue weighted by Crippen LogP contribution is 2.17. The molecule has 0 radical (unpaired) electrons. The monoisotopic (exact) mass is 157 g/mol. The molecule has 0 aromatic carbocycles. The van der Waals surface area contributed by atoms with Crippen LogP contribution in [0.15, 0.2) is 0 Å². The summed E-state index contributed by atoms with van der Waals surface area (Å²) in [4.78, 5) is 0. The largest absolute Gasteiger partial charge is 0.378 e. The summed E-state index contributed by atoms with van der Waals surface area (Å²) in [6, 6.07) is 0.334. The van der Waals surface area contributed by atoms with E-state index in [1.165, 1.54) is 19.3 Å². The molecule has 1 aliphatic heterocycles. The van der Waals surface area contributed by atoms with Crippen molar-refractivity contribution in [3.05, 3.63) is 0 Å². The van der Waals surface area contributed by atoms with Crippen molar-refractivity contribution in [2.45, 2.75) is 51.2 Å². The average Bonchev–Trinajstić information content (AvgIpc) is 2.03. The summed E-state index contributed by atoms with van der Waals surface area (Å²) < 4.78 is 5.57. The summed E-state index contributed by atoms with van der Waals surface area (Å²) >= 11 is 0. The fourth-order valence-corrected chi connectivity index (χ4v) is 1.48. The number of rotatable bonds is 3. The van der Waals surface area contributed by atoms with E-state index in [-0.39, 0.29) is 0 Å². The lowest BCUT2D eigenvalue weighted by Crippen LogP contribution is -2.23. The predicted molar refractivity (Wildman–Crippen MR) is 46.5 cm³/mol. The number of nitrogens with two attached hydrogens (primary N) is 1. The Kier molecular flexibility index (Phi) is 3.87. The molecule has 1 heterocycles. The van der Waals surface area contributed by atoms with Crippen LogP contribution in [0.4, 0.5) is 0 Å². The maximum absolute atomic E-state index is 5.65. The molecule has 1 aliphatic rings. The number of hydrogen-bond donors (Lipinski definition) is 1. The number of hydrogen-bond acceptors (Lipinski definition) is 2. The van der Waals surface area contributed by atoms with E-state index in [2.05, 4.69) is 6.92 Å². The van der Waals surface area contributed by atoms with E-state index in [0.29, 0.717) is 12.1 Å². The molecular weight excluding hydrogens is 138 g/mol. The molecule has 1 fully saturated rings. The van der Waals surface area contributed by atoms with Crippen LogP contribution in [-0.2, 0) is 4.74 Å². The minimum absolute atomic E-state index is 0.334. The van der Waals surface area contributed by atoms with E-state index in [4.69, 9.17) is 10.5 Å². The van der Waals surface area contributed by atoms with Crippen LogP contribution < -0.4 is 5.73 Å². The van der Waals surface area contributed by atoms with Crippen molar-refractivity contribution in [1.29, 1.82) is 0 Å². The number of ether oxygens (including phenoxy) is 1. The minimum atomic E-state index is 0.334. The van der Waals surface area contributed by atoms with Crippen LogP contribution in [0, 0.1) is 0 Å². The molecule has 2 heteroatoms. The molecule has 0 aromatic rings. The third-order valence-corrected chi connectivity index (χ3v) is 2.22. The third-order valence-electron chi connectivity index (χ3n) is 2.22. The van der Waals surface area contributed by atoms with Crippen molar-refractivity contribution >= 4 is 0 Å². The van der Waals surface area contributed by atoms with Gasteiger partial charge in [0.05, 0.1) is 6.10 Å². The Labute approximate surface area is 69.1 Å². The van der Waals surface area contributed by atoms with Gasteiger partial charge in [-0.05, 0) is 39.0 Å². The quantitative estimate of drug-likeness (QED) is 0.676. The highest BCUT2D eigenvalue weighted by Gasteiger charge is 2.13. The second-order valence-electron chi connectivity index (χ2n) is 3.54. The fraction of sp³-hybridized carbons (Fsp3) is 1.00. The van der Waals surface area contributed by atoms with E-state index in [1.807, 2.05) is 0 Å². The Morgan fingerprint density at radius 3 is 2.91 bits per heavy atom. The Morgan fingerprint density at radius 1 is 1.55 bits per heavy atom. The van der Waals surface area contributed by atoms with Gasteiger partial charge in [-0.3, -0.25) is 0 Å². The second-order valence-corrected chi connectivity index (χ2v) is 3.54. The van der Waals surface area contributed by atoms with E-state index < -0.39 is 0 Å². The van der Waals surface area contributed by atoms with Crippen LogP contribution in [-0.4, -0.2) is 18.8 Å². The van der Waals surface area contributed by atoms with Gasteiger partial charge in [0.15, 0.2) is 0 Å². The van der Waals surface area contributed by atoms with Crippen molar-refractivity contribution in [2.24, 2.45) is 5.73 Å². The van der Waals surface area contributed by atoms with Gasteiger partial charge in [0, 0.05) is 12.6 Å². The van der Waals surface area contributed by atoms with Gasteiger partial charge in [0.25, 0.3) is 0 Å². The molecule has 11 heavy (non-hydrogen) atoms. The van der Waals surface area contributed by atoms with Crippen molar-refractivity contribution in [3.8, 4) is 0 Å². The van der Waals surface area contributed by atoms with Crippen LogP contribution in [0.1, 0.15) is 39.0 Å². The molecule has 2 atom stereocenters. The zero-order valence-corrected chi connectivity index (χ0v) is 7.38. The maximum atomic E-state index is 5.65. The SMILES string of the molecule is C[C@H](N)CCC1CCCCO1. The van der Waals surface area contributed by atoms with Crippen molar-refractivity contribution in [2.75, 3.05) is 6.61 Å². The lowest BCUT2D eigenvalue weighted by Gasteiger charge is -2.22. The molecule has 2 N–H and O–H groups in total. The summed E-state index contributed by atoms with van der Waals surface area (Å²) in [5.74, 6) is 0. The van der Waals surface area contributed by atoms with Crippen LogP contribution in [0.25, 0.3) is 0 Å². The summed E-state index contributed by atoms with van der Waals surface area (Å²) in [7, 11) is 0. The molecule has 0 saturated carbocycles. The Bertz CT molecular complexity index is 97.7. The first kappa shape index (κ1) is 9.01. The first-order chi connectivity index (χ1) is 5.29. The Hall–Kier alpha value is -0.0800. The highest BCUT2D eigenvalue weighted by atomic mass is 16.5.